The fourth-order valence-electron chi connectivity index (χ4n) is 1.93. The molecule has 6 nitrogen and oxygen atoms in total. The van der Waals surface area contributed by atoms with Gasteiger partial charge in [-0.25, -0.2) is 0 Å². The van der Waals surface area contributed by atoms with Gasteiger partial charge in [-0.15, -0.1) is 0 Å². The van der Waals surface area contributed by atoms with E-state index in [4.69, 9.17) is 5.26 Å². The van der Waals surface area contributed by atoms with Crippen molar-refractivity contribution in [2.24, 2.45) is 0 Å². The molecular weight excluding hydrogens is 364 g/mol. The summed E-state index contributed by atoms with van der Waals surface area (Å²) in [6, 6.07) is 12.9. The van der Waals surface area contributed by atoms with Crippen molar-refractivity contribution in [1.82, 2.24) is 0 Å². The number of nitro groups is 1. The van der Waals surface area contributed by atoms with Crippen molar-refractivity contribution in [3.8, 4) is 6.07 Å². The smallest absolute Gasteiger partial charge is 0.288 e. The molecule has 26 heavy (non-hydrogen) atoms. The lowest BCUT2D eigenvalue weighted by Gasteiger charge is -2.06. The molecule has 9 heteroatoms. The van der Waals surface area contributed by atoms with Crippen molar-refractivity contribution in [3.05, 3.63) is 69.8 Å². The Morgan fingerprint density at radius 1 is 1.19 bits per heavy atom. The topological polar surface area (TPSA) is 96.0 Å². The molecule has 0 bridgehead atoms. The van der Waals surface area contributed by atoms with E-state index in [1.165, 1.54) is 54.6 Å². The van der Waals surface area contributed by atoms with Gasteiger partial charge in [0, 0.05) is 22.7 Å². The third kappa shape index (κ3) is 5.39. The van der Waals surface area contributed by atoms with Crippen LogP contribution >= 0.6 is 11.8 Å². The average Bonchev–Trinajstić information content (AvgIpc) is 2.61. The summed E-state index contributed by atoms with van der Waals surface area (Å²) in [4.78, 5) is 22.6. The SMILES string of the molecule is N#CC(=Cc1ccc([N+](=O)[O-])cc1)C(=O)Nc1ccc(SC(F)F)cc1. The summed E-state index contributed by atoms with van der Waals surface area (Å²) in [6.45, 7) is 0. The van der Waals surface area contributed by atoms with Crippen LogP contribution in [0.15, 0.2) is 59.0 Å². The molecule has 0 fully saturated rings. The lowest BCUT2D eigenvalue weighted by atomic mass is 10.1. The number of anilines is 1. The standard InChI is InChI=1S/C17H11F2N3O3S/c18-17(19)26-15-7-3-13(4-8-15)21-16(23)12(10-20)9-11-1-5-14(6-2-11)22(24)25/h1-9,17H,(H,21,23). The Labute approximate surface area is 151 Å². The van der Waals surface area contributed by atoms with E-state index >= 15 is 0 Å². The van der Waals surface area contributed by atoms with Crippen molar-refractivity contribution in [3.63, 3.8) is 0 Å². The summed E-state index contributed by atoms with van der Waals surface area (Å²) in [7, 11) is 0. The second-order valence-electron chi connectivity index (χ2n) is 4.88. The van der Waals surface area contributed by atoms with E-state index in [-0.39, 0.29) is 11.3 Å². The van der Waals surface area contributed by atoms with Gasteiger partial charge in [0.15, 0.2) is 0 Å². The minimum atomic E-state index is -2.54. The van der Waals surface area contributed by atoms with Crippen molar-refractivity contribution in [1.29, 1.82) is 5.26 Å². The van der Waals surface area contributed by atoms with Gasteiger partial charge in [0.25, 0.3) is 17.4 Å². The third-order valence-electron chi connectivity index (χ3n) is 3.12. The predicted octanol–water partition coefficient (Wildman–Crippen LogP) is 4.46. The predicted molar refractivity (Wildman–Crippen MR) is 93.6 cm³/mol. The fraction of sp³-hybridized carbons (Fsp3) is 0.0588. The van der Waals surface area contributed by atoms with Crippen LogP contribution in [0.1, 0.15) is 5.56 Å². The monoisotopic (exact) mass is 375 g/mol. The van der Waals surface area contributed by atoms with Crippen LogP contribution in [0.25, 0.3) is 6.08 Å². The molecule has 2 aromatic carbocycles. The highest BCUT2D eigenvalue weighted by Gasteiger charge is 2.11. The fourth-order valence-corrected chi connectivity index (χ4v) is 2.42. The van der Waals surface area contributed by atoms with E-state index in [0.29, 0.717) is 27.9 Å². The zero-order chi connectivity index (χ0) is 19.1. The number of benzene rings is 2. The number of rotatable bonds is 6. The lowest BCUT2D eigenvalue weighted by Crippen LogP contribution is -2.13. The van der Waals surface area contributed by atoms with Gasteiger partial charge in [-0.05, 0) is 48.0 Å². The molecule has 0 saturated heterocycles. The van der Waals surface area contributed by atoms with Crippen molar-refractivity contribution >= 4 is 35.1 Å². The molecule has 0 unspecified atom stereocenters. The first-order valence-corrected chi connectivity index (χ1v) is 7.99. The van der Waals surface area contributed by atoms with Crippen LogP contribution in [-0.4, -0.2) is 16.6 Å². The molecule has 0 aliphatic heterocycles. The Morgan fingerprint density at radius 3 is 2.31 bits per heavy atom. The van der Waals surface area contributed by atoms with Gasteiger partial charge in [-0.2, -0.15) is 14.0 Å². The number of alkyl halides is 2. The Bertz CT molecular complexity index is 876. The molecule has 0 spiro atoms. The Balaban J connectivity index is 2.10. The molecule has 2 rings (SSSR count). The van der Waals surface area contributed by atoms with Crippen LogP contribution in [-0.2, 0) is 4.79 Å². The summed E-state index contributed by atoms with van der Waals surface area (Å²) in [5, 5.41) is 22.3. The van der Waals surface area contributed by atoms with Crippen LogP contribution in [0.3, 0.4) is 0 Å². The van der Waals surface area contributed by atoms with Crippen molar-refractivity contribution < 1.29 is 18.5 Å². The molecule has 0 heterocycles. The lowest BCUT2D eigenvalue weighted by molar-refractivity contribution is -0.384. The number of carbonyl (C=O) groups excluding carboxylic acids is 1. The van der Waals surface area contributed by atoms with E-state index in [0.717, 1.165) is 0 Å². The number of nitrogens with zero attached hydrogens (tertiary/aromatic N) is 2. The number of amides is 1. The maximum atomic E-state index is 12.3. The second kappa shape index (κ2) is 8.73. The summed E-state index contributed by atoms with van der Waals surface area (Å²) >= 11 is 0.384. The highest BCUT2D eigenvalue weighted by atomic mass is 32.2. The van der Waals surface area contributed by atoms with Gasteiger partial charge >= 0.3 is 0 Å². The number of hydrogen-bond donors (Lipinski definition) is 1. The quantitative estimate of drug-likeness (QED) is 0.264. The largest absolute Gasteiger partial charge is 0.321 e. The average molecular weight is 375 g/mol. The van der Waals surface area contributed by atoms with Crippen LogP contribution < -0.4 is 5.32 Å². The summed E-state index contributed by atoms with van der Waals surface area (Å²) in [5.74, 6) is -3.22. The first-order chi connectivity index (χ1) is 12.4. The summed E-state index contributed by atoms with van der Waals surface area (Å²) in [5.41, 5.74) is 0.487. The molecule has 0 aliphatic rings. The number of carbonyl (C=O) groups is 1. The molecule has 0 radical (unpaired) electrons. The highest BCUT2D eigenvalue weighted by Crippen LogP contribution is 2.26. The highest BCUT2D eigenvalue weighted by molar-refractivity contribution is 7.99. The molecule has 0 aliphatic carbocycles. The number of nitro benzene ring substituents is 1. The molecule has 0 saturated carbocycles. The van der Waals surface area contributed by atoms with E-state index < -0.39 is 16.6 Å². The first kappa shape index (κ1) is 19.1. The normalized spacial score (nSPS) is 11.1. The summed E-state index contributed by atoms with van der Waals surface area (Å²) < 4.78 is 24.5. The number of nitrogens with one attached hydrogen (secondary N) is 1. The van der Waals surface area contributed by atoms with Crippen molar-refractivity contribution in [2.45, 2.75) is 10.7 Å². The Hall–Kier alpha value is -3.25. The molecular formula is C17H11F2N3O3S. The molecule has 1 N–H and O–H groups in total. The van der Waals surface area contributed by atoms with Gasteiger partial charge in [-0.3, -0.25) is 14.9 Å². The van der Waals surface area contributed by atoms with E-state index in [9.17, 15) is 23.7 Å². The van der Waals surface area contributed by atoms with Gasteiger partial charge in [-0.1, -0.05) is 11.8 Å². The Morgan fingerprint density at radius 2 is 1.81 bits per heavy atom. The van der Waals surface area contributed by atoms with Crippen LogP contribution in [0, 0.1) is 21.4 Å². The number of hydrogen-bond acceptors (Lipinski definition) is 5. The Kier molecular flexibility index (Phi) is 6.41. The summed E-state index contributed by atoms with van der Waals surface area (Å²) in [6.07, 6.45) is 1.29. The minimum absolute atomic E-state index is 0.105. The molecule has 2 aromatic rings. The van der Waals surface area contributed by atoms with Crippen LogP contribution in [0.2, 0.25) is 0 Å². The number of halogens is 2. The minimum Gasteiger partial charge on any atom is -0.321 e. The van der Waals surface area contributed by atoms with E-state index in [1.54, 1.807) is 6.07 Å². The second-order valence-corrected chi connectivity index (χ2v) is 5.94. The number of thioether (sulfide) groups is 1. The van der Waals surface area contributed by atoms with Crippen molar-refractivity contribution in [2.75, 3.05) is 5.32 Å². The van der Waals surface area contributed by atoms with Gasteiger partial charge in [0.1, 0.15) is 11.6 Å². The maximum Gasteiger partial charge on any atom is 0.288 e. The molecule has 132 valence electrons. The zero-order valence-corrected chi connectivity index (χ0v) is 13.9. The van der Waals surface area contributed by atoms with Gasteiger partial charge in [0.2, 0.25) is 0 Å². The first-order valence-electron chi connectivity index (χ1n) is 7.11. The molecule has 1 amide bonds. The van der Waals surface area contributed by atoms with Gasteiger partial charge < -0.3 is 5.32 Å². The maximum absolute atomic E-state index is 12.3. The van der Waals surface area contributed by atoms with Crippen LogP contribution in [0.5, 0.6) is 0 Å². The zero-order valence-electron chi connectivity index (χ0n) is 13.1. The molecule has 0 atom stereocenters. The number of non-ortho nitro benzene ring substituents is 1. The number of nitriles is 1. The van der Waals surface area contributed by atoms with E-state index in [1.807, 2.05) is 0 Å². The van der Waals surface area contributed by atoms with Gasteiger partial charge in [0.05, 0.1) is 4.92 Å². The van der Waals surface area contributed by atoms with Crippen LogP contribution in [0.4, 0.5) is 20.2 Å². The van der Waals surface area contributed by atoms with E-state index in [2.05, 4.69) is 5.32 Å². The molecule has 0 aromatic heterocycles. The third-order valence-corrected chi connectivity index (χ3v) is 3.84.